The Bertz CT molecular complexity index is 1570. The van der Waals surface area contributed by atoms with Crippen molar-refractivity contribution in [1.82, 2.24) is 30.4 Å². The molecule has 276 valence electrons. The Morgan fingerprint density at radius 3 is 2.57 bits per heavy atom. The van der Waals surface area contributed by atoms with E-state index in [1.165, 1.54) is 7.11 Å². The smallest absolute Gasteiger partial charge is 0.308 e. The van der Waals surface area contributed by atoms with Crippen LogP contribution in [-0.2, 0) is 38.8 Å². The van der Waals surface area contributed by atoms with E-state index in [9.17, 15) is 24.3 Å². The van der Waals surface area contributed by atoms with E-state index in [2.05, 4.69) is 25.9 Å². The van der Waals surface area contributed by atoms with Crippen LogP contribution in [-0.4, -0.2) is 93.1 Å². The molecule has 1 aliphatic heterocycles. The van der Waals surface area contributed by atoms with Crippen molar-refractivity contribution in [2.75, 3.05) is 25.5 Å². The number of aliphatic hydroxyl groups excluding tert-OH is 1. The van der Waals surface area contributed by atoms with Gasteiger partial charge in [0.05, 0.1) is 26.1 Å². The molecule has 3 amide bonds. The van der Waals surface area contributed by atoms with Crippen molar-refractivity contribution in [3.8, 4) is 0 Å². The average molecular weight is 705 g/mol. The first-order valence-corrected chi connectivity index (χ1v) is 17.7. The maximum absolute atomic E-state index is 14.0. The fraction of sp³-hybridized carbons (Fsp3) is 0.486. The van der Waals surface area contributed by atoms with Crippen molar-refractivity contribution >= 4 is 29.4 Å². The van der Waals surface area contributed by atoms with E-state index < -0.39 is 30.3 Å². The molecule has 2 heterocycles. The Morgan fingerprint density at radius 2 is 1.88 bits per heavy atom. The van der Waals surface area contributed by atoms with Gasteiger partial charge >= 0.3 is 5.97 Å². The standard InChI is InChI=1S/C37H52N8O6/c1-4-10-28(38)34(47)43-30(11-5-2)35(48)41-16-9-19-44-23-27-20-26(14-15-29(27)42-31(37(44)50)21-33(46)51-3)36(49)45(24-32-39-17-18-40-32)22-25-12-7-6-8-13-25/h6-8,12-15,17-18,20,28,30-31,34,42-43,47H,4-5,9-11,16,19,21-24,38H2,1-3H3,(H,39,40)(H,41,48)/t28?,30-,31-,34+/m0/s1. The third-order valence-electron chi connectivity index (χ3n) is 8.85. The van der Waals surface area contributed by atoms with Crippen LogP contribution in [0.2, 0.25) is 0 Å². The minimum absolute atomic E-state index is 0.177. The Morgan fingerprint density at radius 1 is 1.12 bits per heavy atom. The molecular weight excluding hydrogens is 652 g/mol. The fourth-order valence-corrected chi connectivity index (χ4v) is 6.08. The van der Waals surface area contributed by atoms with Crippen molar-refractivity contribution < 1.29 is 29.0 Å². The number of ether oxygens (including phenoxy) is 1. The number of hydrogen-bond acceptors (Lipinski definition) is 10. The highest BCUT2D eigenvalue weighted by Gasteiger charge is 2.32. The number of aliphatic hydroxyl groups is 1. The molecule has 1 unspecified atom stereocenters. The van der Waals surface area contributed by atoms with E-state index in [0.717, 1.165) is 18.4 Å². The van der Waals surface area contributed by atoms with Crippen LogP contribution in [0.1, 0.15) is 79.7 Å². The number of carbonyl (C=O) groups excluding carboxylic acids is 4. The van der Waals surface area contributed by atoms with Gasteiger partial charge < -0.3 is 41.0 Å². The van der Waals surface area contributed by atoms with E-state index in [1.807, 2.05) is 44.2 Å². The summed E-state index contributed by atoms with van der Waals surface area (Å²) in [5, 5.41) is 19.5. The second-order valence-electron chi connectivity index (χ2n) is 12.8. The molecule has 14 nitrogen and oxygen atoms in total. The van der Waals surface area contributed by atoms with Gasteiger partial charge in [0, 0.05) is 55.9 Å². The lowest BCUT2D eigenvalue weighted by Gasteiger charge is -2.26. The van der Waals surface area contributed by atoms with Gasteiger partial charge in [-0.3, -0.25) is 24.5 Å². The molecule has 51 heavy (non-hydrogen) atoms. The minimum atomic E-state index is -1.01. The number of H-pyrrole nitrogens is 1. The number of amides is 3. The molecule has 7 N–H and O–H groups in total. The topological polar surface area (TPSA) is 195 Å². The Balaban J connectivity index is 1.48. The van der Waals surface area contributed by atoms with Gasteiger partial charge in [0.25, 0.3) is 5.91 Å². The SMILES string of the molecule is CCCC(N)[C@@H](O)N[C@@H](CCC)C(=O)NCCCN1Cc2cc(C(=O)N(Cc3ccccc3)Cc3ncc[nH]3)ccc2N[C@@H](CC(=O)OC)C1=O. The summed E-state index contributed by atoms with van der Waals surface area (Å²) in [7, 11) is 1.27. The van der Waals surface area contributed by atoms with Crippen LogP contribution < -0.4 is 21.7 Å². The summed E-state index contributed by atoms with van der Waals surface area (Å²) in [6.07, 6.45) is 5.30. The molecule has 0 saturated carbocycles. The number of anilines is 1. The molecule has 0 spiro atoms. The predicted molar refractivity (Wildman–Crippen MR) is 193 cm³/mol. The van der Waals surface area contributed by atoms with Crippen LogP contribution in [0.25, 0.3) is 0 Å². The lowest BCUT2D eigenvalue weighted by molar-refractivity contribution is -0.144. The van der Waals surface area contributed by atoms with Crippen LogP contribution in [0.4, 0.5) is 5.69 Å². The number of rotatable bonds is 19. The molecule has 1 aliphatic rings. The second kappa shape index (κ2) is 19.6. The van der Waals surface area contributed by atoms with Crippen LogP contribution >= 0.6 is 0 Å². The molecule has 2 aromatic carbocycles. The summed E-state index contributed by atoms with van der Waals surface area (Å²) >= 11 is 0. The zero-order valence-corrected chi connectivity index (χ0v) is 29.8. The minimum Gasteiger partial charge on any atom is -0.469 e. The number of aromatic nitrogens is 2. The van der Waals surface area contributed by atoms with Crippen molar-refractivity contribution in [3.05, 3.63) is 83.4 Å². The number of carbonyl (C=O) groups is 4. The Kier molecular flexibility index (Phi) is 15.0. The van der Waals surface area contributed by atoms with Gasteiger partial charge in [0.15, 0.2) is 0 Å². The molecule has 0 radical (unpaired) electrons. The molecule has 4 atom stereocenters. The molecule has 0 bridgehead atoms. The third kappa shape index (κ3) is 11.4. The number of methoxy groups -OCH3 is 1. The monoisotopic (exact) mass is 704 g/mol. The van der Waals surface area contributed by atoms with Gasteiger partial charge in [-0.05, 0) is 48.6 Å². The van der Waals surface area contributed by atoms with Gasteiger partial charge in [-0.25, -0.2) is 4.98 Å². The number of nitrogens with two attached hydrogens (primary N) is 1. The highest BCUT2D eigenvalue weighted by Crippen LogP contribution is 2.27. The summed E-state index contributed by atoms with van der Waals surface area (Å²) in [6, 6.07) is 13.0. The predicted octanol–water partition coefficient (Wildman–Crippen LogP) is 2.65. The maximum atomic E-state index is 14.0. The normalized spacial score (nSPS) is 15.9. The van der Waals surface area contributed by atoms with Crippen LogP contribution in [0.5, 0.6) is 0 Å². The summed E-state index contributed by atoms with van der Waals surface area (Å²) in [4.78, 5) is 63.9. The van der Waals surface area contributed by atoms with Gasteiger partial charge in [-0.1, -0.05) is 57.0 Å². The van der Waals surface area contributed by atoms with E-state index in [4.69, 9.17) is 10.5 Å². The molecular formula is C37H52N8O6. The first kappa shape index (κ1) is 39.0. The summed E-state index contributed by atoms with van der Waals surface area (Å²) in [6.45, 7) is 5.33. The molecule has 0 aliphatic carbocycles. The molecule has 1 aromatic heterocycles. The number of imidazole rings is 1. The average Bonchev–Trinajstić information content (AvgIpc) is 3.61. The highest BCUT2D eigenvalue weighted by atomic mass is 16.5. The Labute approximate surface area is 299 Å². The van der Waals surface area contributed by atoms with Crippen molar-refractivity contribution in [3.63, 3.8) is 0 Å². The van der Waals surface area contributed by atoms with Crippen LogP contribution in [0.3, 0.4) is 0 Å². The van der Waals surface area contributed by atoms with E-state index >= 15 is 0 Å². The number of hydrogen-bond donors (Lipinski definition) is 6. The first-order chi connectivity index (χ1) is 24.6. The largest absolute Gasteiger partial charge is 0.469 e. The number of fused-ring (bicyclic) bond motifs is 1. The van der Waals surface area contributed by atoms with Crippen molar-refractivity contribution in [2.45, 2.75) is 96.4 Å². The van der Waals surface area contributed by atoms with Crippen LogP contribution in [0, 0.1) is 0 Å². The van der Waals surface area contributed by atoms with Crippen molar-refractivity contribution in [1.29, 1.82) is 0 Å². The van der Waals surface area contributed by atoms with Crippen molar-refractivity contribution in [2.24, 2.45) is 5.73 Å². The molecule has 0 saturated heterocycles. The lowest BCUT2D eigenvalue weighted by Crippen LogP contribution is -2.54. The Hall–Kier alpha value is -4.79. The van der Waals surface area contributed by atoms with Gasteiger partial charge in [0.2, 0.25) is 11.8 Å². The number of esters is 1. The molecule has 4 rings (SSSR count). The highest BCUT2D eigenvalue weighted by molar-refractivity contribution is 5.96. The summed E-state index contributed by atoms with van der Waals surface area (Å²) < 4.78 is 4.87. The first-order valence-electron chi connectivity index (χ1n) is 17.7. The zero-order chi connectivity index (χ0) is 36.8. The summed E-state index contributed by atoms with van der Waals surface area (Å²) in [5.41, 5.74) is 8.81. The number of nitrogens with zero attached hydrogens (tertiary/aromatic N) is 3. The molecule has 3 aromatic rings. The summed E-state index contributed by atoms with van der Waals surface area (Å²) in [5.74, 6) is -0.635. The quantitative estimate of drug-likeness (QED) is 0.0614. The zero-order valence-electron chi connectivity index (χ0n) is 29.8. The maximum Gasteiger partial charge on any atom is 0.308 e. The van der Waals surface area contributed by atoms with E-state index in [1.54, 1.807) is 40.4 Å². The van der Waals surface area contributed by atoms with Gasteiger partial charge in [-0.15, -0.1) is 0 Å². The second-order valence-corrected chi connectivity index (χ2v) is 12.8. The van der Waals surface area contributed by atoms with Crippen LogP contribution in [0.15, 0.2) is 60.9 Å². The fourth-order valence-electron chi connectivity index (χ4n) is 6.08. The van der Waals surface area contributed by atoms with Gasteiger partial charge in [-0.2, -0.15) is 0 Å². The molecule has 14 heteroatoms. The number of nitrogens with one attached hydrogen (secondary N) is 4. The lowest BCUT2D eigenvalue weighted by atomic mass is 10.1. The van der Waals surface area contributed by atoms with E-state index in [-0.39, 0.29) is 50.3 Å². The number of aromatic amines is 1. The number of benzene rings is 2. The van der Waals surface area contributed by atoms with Gasteiger partial charge in [0.1, 0.15) is 18.1 Å². The molecule has 0 fully saturated rings. The van der Waals surface area contributed by atoms with E-state index in [0.29, 0.717) is 48.4 Å². The third-order valence-corrected chi connectivity index (χ3v) is 8.85.